The number of rotatable bonds is 0. The van der Waals surface area contributed by atoms with Crippen LogP contribution >= 0.6 is 0 Å². The predicted octanol–water partition coefficient (Wildman–Crippen LogP) is -4.85. The quantitative estimate of drug-likeness (QED) is 0.0796. The largest absolute Gasteiger partial charge is 0.368 e. The van der Waals surface area contributed by atoms with E-state index in [2.05, 4.69) is 10.9 Å². The van der Waals surface area contributed by atoms with Crippen molar-refractivity contribution in [3.63, 3.8) is 0 Å². The van der Waals surface area contributed by atoms with Gasteiger partial charge in [-0.1, -0.05) is 0 Å². The second-order valence-electron chi connectivity index (χ2n) is 1.69. The molecule has 0 aromatic rings. The molecule has 0 aliphatic carbocycles. The first kappa shape index (κ1) is 13.7. The Morgan fingerprint density at radius 3 is 1.31 bits per heavy atom. The summed E-state index contributed by atoms with van der Waals surface area (Å²) < 4.78 is 0. The SMILES string of the molecule is N/N=C(\N)N(N)N.N=C(N)N(N)N. The van der Waals surface area contributed by atoms with Crippen molar-refractivity contribution in [2.45, 2.75) is 0 Å². The molecule has 11 nitrogen and oxygen atoms in total. The van der Waals surface area contributed by atoms with Gasteiger partial charge in [0.1, 0.15) is 0 Å². The van der Waals surface area contributed by atoms with Crippen LogP contribution in [0.4, 0.5) is 0 Å². The van der Waals surface area contributed by atoms with Gasteiger partial charge in [-0.25, -0.2) is 33.6 Å². The molecule has 0 rings (SSSR count). The minimum Gasteiger partial charge on any atom is -0.368 e. The van der Waals surface area contributed by atoms with Gasteiger partial charge in [-0.15, -0.1) is 5.10 Å². The molecule has 0 atom stereocenters. The first-order valence-corrected chi connectivity index (χ1v) is 2.79. The molecule has 0 heterocycles. The third kappa shape index (κ3) is 10.2. The number of hydrazine groups is 4. The highest BCUT2D eigenvalue weighted by atomic mass is 15.6. The summed E-state index contributed by atoms with van der Waals surface area (Å²) in [5, 5.41) is 10.5. The van der Waals surface area contributed by atoms with Crippen LogP contribution in [0.25, 0.3) is 0 Å². The molecular formula is C2H15N11. The lowest BCUT2D eigenvalue weighted by Crippen LogP contribution is -2.48. The van der Waals surface area contributed by atoms with Crippen LogP contribution in [0.15, 0.2) is 5.10 Å². The van der Waals surface area contributed by atoms with Gasteiger partial charge < -0.3 is 17.3 Å². The zero-order chi connectivity index (χ0) is 11.0. The normalized spacial score (nSPS) is 9.69. The molecule has 0 aliphatic heterocycles. The summed E-state index contributed by atoms with van der Waals surface area (Å²) in [7, 11) is 0. The van der Waals surface area contributed by atoms with Crippen LogP contribution in [-0.2, 0) is 0 Å². The van der Waals surface area contributed by atoms with Crippen LogP contribution in [0.2, 0.25) is 0 Å². The highest BCUT2D eigenvalue weighted by molar-refractivity contribution is 5.76. The van der Waals surface area contributed by atoms with Crippen molar-refractivity contribution >= 4 is 11.9 Å². The zero-order valence-electron chi connectivity index (χ0n) is 6.88. The Morgan fingerprint density at radius 2 is 1.31 bits per heavy atom. The monoisotopic (exact) mass is 193 g/mol. The average molecular weight is 193 g/mol. The Bertz CT molecular complexity index is 167. The van der Waals surface area contributed by atoms with Gasteiger partial charge in [0.15, 0.2) is 0 Å². The van der Waals surface area contributed by atoms with Crippen LogP contribution in [0.1, 0.15) is 0 Å². The van der Waals surface area contributed by atoms with Crippen molar-refractivity contribution in [1.29, 1.82) is 5.41 Å². The van der Waals surface area contributed by atoms with Crippen LogP contribution in [0.3, 0.4) is 0 Å². The highest BCUT2D eigenvalue weighted by Crippen LogP contribution is 1.55. The fourth-order valence-corrected chi connectivity index (χ4v) is 0.0667. The Labute approximate surface area is 74.4 Å². The van der Waals surface area contributed by atoms with E-state index in [1.165, 1.54) is 0 Å². The van der Waals surface area contributed by atoms with Gasteiger partial charge >= 0.3 is 0 Å². The molecule has 0 saturated carbocycles. The molecule has 0 unspecified atom stereocenters. The molecule has 0 aromatic carbocycles. The van der Waals surface area contributed by atoms with Gasteiger partial charge in [-0.3, -0.25) is 5.41 Å². The molecule has 0 amide bonds. The number of nitrogens with zero attached hydrogens (tertiary/aromatic N) is 3. The van der Waals surface area contributed by atoms with Crippen molar-refractivity contribution in [3.8, 4) is 0 Å². The highest BCUT2D eigenvalue weighted by Gasteiger charge is 1.88. The van der Waals surface area contributed by atoms with Gasteiger partial charge in [0, 0.05) is 0 Å². The van der Waals surface area contributed by atoms with E-state index in [0.29, 0.717) is 10.2 Å². The molecular weight excluding hydrogens is 178 g/mol. The molecule has 11 heteroatoms. The first-order valence-electron chi connectivity index (χ1n) is 2.79. The lowest BCUT2D eigenvalue weighted by atomic mass is 11.0. The summed E-state index contributed by atoms with van der Waals surface area (Å²) in [6, 6.07) is 0. The fourth-order valence-electron chi connectivity index (χ4n) is 0.0667. The summed E-state index contributed by atoms with van der Waals surface area (Å²) >= 11 is 0. The molecule has 0 saturated heterocycles. The van der Waals surface area contributed by atoms with Crippen LogP contribution < -0.4 is 40.7 Å². The number of hydrazone groups is 1. The Morgan fingerprint density at radius 1 is 1.00 bits per heavy atom. The van der Waals surface area contributed by atoms with E-state index in [0.717, 1.165) is 0 Å². The summed E-state index contributed by atoms with van der Waals surface area (Å²) in [5.74, 6) is 23.2. The maximum Gasteiger partial charge on any atom is 0.242 e. The maximum atomic E-state index is 6.40. The standard InChI is InChI=1S/CH8N6.CH7N5/c2-1(6-3)7(4)5;2-1(3)6(4)5/h3-5H2,(H2,2,6);4-5H2,(H3,2,3). The van der Waals surface area contributed by atoms with Crippen molar-refractivity contribution in [2.24, 2.45) is 45.8 Å². The lowest BCUT2D eigenvalue weighted by molar-refractivity contribution is 0.456. The number of hydrogen-bond acceptors (Lipinski definition) is 7. The molecule has 15 N–H and O–H groups in total. The summed E-state index contributed by atoms with van der Waals surface area (Å²) in [4.78, 5) is 0. The summed E-state index contributed by atoms with van der Waals surface area (Å²) in [6.45, 7) is 0. The smallest absolute Gasteiger partial charge is 0.242 e. The van der Waals surface area contributed by atoms with Gasteiger partial charge in [0.2, 0.25) is 11.9 Å². The van der Waals surface area contributed by atoms with Gasteiger partial charge in [0.25, 0.3) is 0 Å². The van der Waals surface area contributed by atoms with Crippen molar-refractivity contribution in [1.82, 2.24) is 10.2 Å². The average Bonchev–Trinajstić information content (AvgIpc) is 2.03. The Balaban J connectivity index is 0. The van der Waals surface area contributed by atoms with Gasteiger partial charge in [0.05, 0.1) is 0 Å². The molecule has 0 spiro atoms. The van der Waals surface area contributed by atoms with Crippen LogP contribution in [-0.4, -0.2) is 22.2 Å². The number of guanidine groups is 2. The molecule has 13 heavy (non-hydrogen) atoms. The van der Waals surface area contributed by atoms with E-state index >= 15 is 0 Å². The predicted molar refractivity (Wildman–Crippen MR) is 48.2 cm³/mol. The fraction of sp³-hybridized carbons (Fsp3) is 0. The third-order valence-corrected chi connectivity index (χ3v) is 0.675. The molecule has 0 radical (unpaired) electrons. The van der Waals surface area contributed by atoms with Gasteiger partial charge in [-0.05, 0) is 0 Å². The zero-order valence-corrected chi connectivity index (χ0v) is 6.88. The molecule has 0 fully saturated rings. The minimum atomic E-state index is -0.352. The lowest BCUT2D eigenvalue weighted by Gasteiger charge is -2.06. The Kier molecular flexibility index (Phi) is 7.26. The minimum absolute atomic E-state index is 0.111. The number of nitrogens with one attached hydrogen (secondary N) is 1. The van der Waals surface area contributed by atoms with E-state index in [-0.39, 0.29) is 11.9 Å². The van der Waals surface area contributed by atoms with E-state index < -0.39 is 0 Å². The maximum absolute atomic E-state index is 6.40. The van der Waals surface area contributed by atoms with Gasteiger partial charge in [-0.2, -0.15) is 0 Å². The van der Waals surface area contributed by atoms with Crippen molar-refractivity contribution in [2.75, 3.05) is 0 Å². The molecule has 0 aromatic heterocycles. The van der Waals surface area contributed by atoms with E-state index in [1.807, 2.05) is 0 Å². The van der Waals surface area contributed by atoms with Crippen LogP contribution in [0, 0.1) is 5.41 Å². The van der Waals surface area contributed by atoms with Crippen molar-refractivity contribution in [3.05, 3.63) is 0 Å². The van der Waals surface area contributed by atoms with E-state index in [4.69, 9.17) is 40.2 Å². The molecule has 0 aliphatic rings. The number of hydrogen-bond donors (Lipinski definition) is 8. The summed E-state index contributed by atoms with van der Waals surface area (Å²) in [6.07, 6.45) is 0. The first-order chi connectivity index (χ1) is 5.82. The second-order valence-corrected chi connectivity index (χ2v) is 1.69. The second kappa shape index (κ2) is 6.86. The summed E-state index contributed by atoms with van der Waals surface area (Å²) in [5.41, 5.74) is 9.61. The molecule has 78 valence electrons. The molecule has 0 bridgehead atoms. The van der Waals surface area contributed by atoms with Crippen molar-refractivity contribution < 1.29 is 0 Å². The Hall–Kier alpha value is -1.82. The number of nitrogens with two attached hydrogens (primary N) is 7. The van der Waals surface area contributed by atoms with E-state index in [1.54, 1.807) is 0 Å². The van der Waals surface area contributed by atoms with E-state index in [9.17, 15) is 0 Å². The third-order valence-electron chi connectivity index (χ3n) is 0.675. The van der Waals surface area contributed by atoms with Crippen LogP contribution in [0.5, 0.6) is 0 Å². The topological polar surface area (TPSA) is 225 Å².